The zero-order valence-corrected chi connectivity index (χ0v) is 11.4. The highest BCUT2D eigenvalue weighted by atomic mass is 79.9. The van der Waals surface area contributed by atoms with E-state index in [4.69, 9.17) is 0 Å². The summed E-state index contributed by atoms with van der Waals surface area (Å²) in [5, 5.41) is 1.99. The first kappa shape index (κ1) is 10.9. The number of benzene rings is 2. The van der Waals surface area contributed by atoms with Gasteiger partial charge in [0.15, 0.2) is 5.78 Å². The van der Waals surface area contributed by atoms with Crippen LogP contribution in [0.25, 0.3) is 22.0 Å². The number of carbonyl (C=O) groups is 1. The van der Waals surface area contributed by atoms with Gasteiger partial charge in [-0.05, 0) is 27.4 Å². The van der Waals surface area contributed by atoms with Crippen LogP contribution in [0.4, 0.5) is 0 Å². The van der Waals surface area contributed by atoms with E-state index in [1.54, 1.807) is 0 Å². The second kappa shape index (κ2) is 3.75. The average molecular weight is 310 g/mol. The van der Waals surface area contributed by atoms with Gasteiger partial charge < -0.3 is 0 Å². The van der Waals surface area contributed by atoms with E-state index < -0.39 is 0 Å². The molecule has 90 valence electrons. The minimum Gasteiger partial charge on any atom is -0.289 e. The van der Waals surface area contributed by atoms with Crippen molar-refractivity contribution in [2.45, 2.75) is 0 Å². The number of aromatic nitrogens is 1. The molecular weight excluding hydrogens is 302 g/mol. The molecule has 3 heteroatoms. The Morgan fingerprint density at radius 3 is 2.47 bits per heavy atom. The van der Waals surface area contributed by atoms with Crippen molar-refractivity contribution in [1.29, 1.82) is 0 Å². The third-order valence-electron chi connectivity index (χ3n) is 3.50. The number of carbonyl (C=O) groups excluding carboxylic acids is 1. The number of rotatable bonds is 0. The van der Waals surface area contributed by atoms with Gasteiger partial charge in [0.25, 0.3) is 0 Å². The lowest BCUT2D eigenvalue weighted by atomic mass is 9.86. The van der Waals surface area contributed by atoms with Crippen LogP contribution in [0.3, 0.4) is 0 Å². The van der Waals surface area contributed by atoms with E-state index in [2.05, 4.69) is 20.9 Å². The Morgan fingerprint density at radius 1 is 0.895 bits per heavy atom. The molecule has 0 unspecified atom stereocenters. The van der Waals surface area contributed by atoms with Crippen LogP contribution in [-0.4, -0.2) is 10.8 Å². The molecule has 0 fully saturated rings. The Bertz CT molecular complexity index is 854. The van der Waals surface area contributed by atoms with Gasteiger partial charge >= 0.3 is 0 Å². The van der Waals surface area contributed by atoms with E-state index >= 15 is 0 Å². The number of hydrogen-bond acceptors (Lipinski definition) is 2. The summed E-state index contributed by atoms with van der Waals surface area (Å²) in [6.07, 6.45) is 0. The molecule has 0 aliphatic heterocycles. The summed E-state index contributed by atoms with van der Waals surface area (Å²) >= 11 is 3.44. The fraction of sp³-hybridized carbons (Fsp3) is 0. The van der Waals surface area contributed by atoms with E-state index in [-0.39, 0.29) is 5.78 Å². The lowest BCUT2D eigenvalue weighted by molar-refractivity contribution is 0.104. The van der Waals surface area contributed by atoms with Crippen molar-refractivity contribution >= 4 is 32.5 Å². The van der Waals surface area contributed by atoms with Crippen LogP contribution in [0.5, 0.6) is 0 Å². The summed E-state index contributed by atoms with van der Waals surface area (Å²) < 4.78 is 0.788. The molecule has 0 spiro atoms. The standard InChI is InChI=1S/C16H8BrNO/c17-13-8-9-4-3-7-12-14(9)15(18-13)10-5-1-2-6-11(10)16(12)19/h1-8H. The van der Waals surface area contributed by atoms with Gasteiger partial charge in [-0.2, -0.15) is 0 Å². The maximum absolute atomic E-state index is 12.5. The van der Waals surface area contributed by atoms with Crippen LogP contribution in [0.2, 0.25) is 0 Å². The summed E-state index contributed by atoms with van der Waals surface area (Å²) in [5.41, 5.74) is 3.27. The molecule has 0 amide bonds. The van der Waals surface area contributed by atoms with Crippen molar-refractivity contribution in [1.82, 2.24) is 4.98 Å². The lowest BCUT2D eigenvalue weighted by Crippen LogP contribution is -2.10. The van der Waals surface area contributed by atoms with Crippen LogP contribution in [-0.2, 0) is 0 Å². The molecule has 2 nitrogen and oxygen atoms in total. The smallest absolute Gasteiger partial charge is 0.194 e. The SMILES string of the molecule is O=C1c2ccccc2-c2nc(Br)cc3cccc1c23. The van der Waals surface area contributed by atoms with Crippen LogP contribution in [0, 0.1) is 0 Å². The molecule has 0 saturated carbocycles. The van der Waals surface area contributed by atoms with Crippen molar-refractivity contribution in [2.75, 3.05) is 0 Å². The third-order valence-corrected chi connectivity index (χ3v) is 3.90. The molecule has 1 heterocycles. The molecule has 2 aromatic carbocycles. The van der Waals surface area contributed by atoms with Crippen LogP contribution in [0.15, 0.2) is 53.1 Å². The number of pyridine rings is 1. The Hall–Kier alpha value is -2.00. The normalized spacial score (nSPS) is 12.6. The van der Waals surface area contributed by atoms with E-state index in [1.165, 1.54) is 0 Å². The van der Waals surface area contributed by atoms with Crippen LogP contribution < -0.4 is 0 Å². The Morgan fingerprint density at radius 2 is 1.63 bits per heavy atom. The molecule has 0 atom stereocenters. The summed E-state index contributed by atoms with van der Waals surface area (Å²) in [7, 11) is 0. The fourth-order valence-corrected chi connectivity index (χ4v) is 3.12. The van der Waals surface area contributed by atoms with Gasteiger partial charge in [0.1, 0.15) is 4.60 Å². The first-order valence-corrected chi connectivity index (χ1v) is 6.78. The molecule has 0 N–H and O–H groups in total. The fourth-order valence-electron chi connectivity index (χ4n) is 2.69. The molecule has 19 heavy (non-hydrogen) atoms. The minimum absolute atomic E-state index is 0.0813. The summed E-state index contributed by atoms with van der Waals surface area (Å²) in [6.45, 7) is 0. The molecular formula is C16H8BrNO. The molecule has 0 saturated heterocycles. The predicted octanol–water partition coefficient (Wildman–Crippen LogP) is 4.21. The molecule has 3 aromatic rings. The van der Waals surface area contributed by atoms with Gasteiger partial charge in [-0.1, -0.05) is 42.5 Å². The van der Waals surface area contributed by atoms with Gasteiger partial charge in [0.05, 0.1) is 5.69 Å². The number of halogens is 1. The van der Waals surface area contributed by atoms with E-state index in [9.17, 15) is 4.79 Å². The lowest BCUT2D eigenvalue weighted by Gasteiger charge is -2.18. The maximum Gasteiger partial charge on any atom is 0.194 e. The summed E-state index contributed by atoms with van der Waals surface area (Å²) in [4.78, 5) is 17.1. The summed E-state index contributed by atoms with van der Waals surface area (Å²) in [6, 6.07) is 15.4. The molecule has 4 rings (SSSR count). The minimum atomic E-state index is 0.0813. The molecule has 0 bridgehead atoms. The second-order valence-corrected chi connectivity index (χ2v) is 5.38. The Kier molecular flexibility index (Phi) is 2.15. The van der Waals surface area contributed by atoms with Crippen molar-refractivity contribution in [3.8, 4) is 11.3 Å². The van der Waals surface area contributed by atoms with Crippen LogP contribution in [0.1, 0.15) is 15.9 Å². The van der Waals surface area contributed by atoms with Crippen molar-refractivity contribution < 1.29 is 4.79 Å². The Labute approximate surface area is 118 Å². The highest BCUT2D eigenvalue weighted by molar-refractivity contribution is 9.10. The van der Waals surface area contributed by atoms with Crippen molar-refractivity contribution in [2.24, 2.45) is 0 Å². The van der Waals surface area contributed by atoms with Gasteiger partial charge in [-0.15, -0.1) is 0 Å². The Balaban J connectivity index is 2.28. The largest absolute Gasteiger partial charge is 0.289 e. The van der Waals surface area contributed by atoms with Crippen molar-refractivity contribution in [3.05, 3.63) is 64.3 Å². The average Bonchev–Trinajstić information content (AvgIpc) is 2.44. The molecule has 1 aromatic heterocycles. The zero-order chi connectivity index (χ0) is 13.0. The second-order valence-electron chi connectivity index (χ2n) is 4.57. The number of fused-ring (bicyclic) bond motifs is 2. The van der Waals surface area contributed by atoms with Gasteiger partial charge in [0.2, 0.25) is 0 Å². The summed E-state index contributed by atoms with van der Waals surface area (Å²) in [5.74, 6) is 0.0813. The first-order valence-electron chi connectivity index (χ1n) is 5.99. The first-order chi connectivity index (χ1) is 9.25. The molecule has 0 radical (unpaired) electrons. The van der Waals surface area contributed by atoms with Crippen molar-refractivity contribution in [3.63, 3.8) is 0 Å². The molecule has 1 aliphatic rings. The highest BCUT2D eigenvalue weighted by Gasteiger charge is 2.25. The zero-order valence-electron chi connectivity index (χ0n) is 9.85. The predicted molar refractivity (Wildman–Crippen MR) is 78.3 cm³/mol. The highest BCUT2D eigenvalue weighted by Crippen LogP contribution is 2.38. The third kappa shape index (κ3) is 1.42. The van der Waals surface area contributed by atoms with Crippen LogP contribution >= 0.6 is 15.9 Å². The number of nitrogens with zero attached hydrogens (tertiary/aromatic N) is 1. The number of ketones is 1. The topological polar surface area (TPSA) is 30.0 Å². The van der Waals surface area contributed by atoms with Gasteiger partial charge in [0, 0.05) is 22.1 Å². The van der Waals surface area contributed by atoms with E-state index in [1.807, 2.05) is 48.5 Å². The maximum atomic E-state index is 12.5. The van der Waals surface area contributed by atoms with E-state index in [0.29, 0.717) is 0 Å². The molecule has 1 aliphatic carbocycles. The quantitative estimate of drug-likeness (QED) is 0.455. The van der Waals surface area contributed by atoms with E-state index in [0.717, 1.165) is 37.8 Å². The monoisotopic (exact) mass is 309 g/mol. The van der Waals surface area contributed by atoms with Gasteiger partial charge in [-0.3, -0.25) is 4.79 Å². The van der Waals surface area contributed by atoms with Gasteiger partial charge in [-0.25, -0.2) is 4.98 Å². The number of hydrogen-bond donors (Lipinski definition) is 0.